The molecule has 0 aliphatic heterocycles. The lowest BCUT2D eigenvalue weighted by Crippen LogP contribution is -2.39. The number of halogens is 1. The van der Waals surface area contributed by atoms with E-state index >= 15 is 0 Å². The minimum Gasteiger partial charge on any atom is -0.325 e. The predicted octanol–water partition coefficient (Wildman–Crippen LogP) is 2.71. The second-order valence-electron chi connectivity index (χ2n) is 7.68. The fourth-order valence-corrected chi connectivity index (χ4v) is 4.04. The van der Waals surface area contributed by atoms with E-state index < -0.39 is 22.3 Å². The Morgan fingerprint density at radius 3 is 2.42 bits per heavy atom. The Hall–Kier alpha value is -3.01. The van der Waals surface area contributed by atoms with Gasteiger partial charge in [0.15, 0.2) is 5.65 Å². The molecule has 1 atom stereocenters. The number of aryl methyl sites for hydroxylation is 1. The van der Waals surface area contributed by atoms with Crippen molar-refractivity contribution < 1.29 is 9.18 Å². The number of rotatable bonds is 6. The summed E-state index contributed by atoms with van der Waals surface area (Å²) in [6, 6.07) is 5.45. The molecule has 1 unspecified atom stereocenters. The summed E-state index contributed by atoms with van der Waals surface area (Å²) in [7, 11) is 1.42. The number of nitrogens with one attached hydrogen (secondary N) is 1. The molecule has 1 N–H and O–H groups in total. The number of thioether (sulfide) groups is 1. The number of hydrogen-bond donors (Lipinski definition) is 1. The van der Waals surface area contributed by atoms with Crippen LogP contribution in [0.4, 0.5) is 10.1 Å². The molecule has 31 heavy (non-hydrogen) atoms. The number of hydrogen-bond acceptors (Lipinski definition) is 6. The van der Waals surface area contributed by atoms with Crippen molar-refractivity contribution in [2.75, 3.05) is 5.32 Å². The molecule has 0 fully saturated rings. The zero-order valence-corrected chi connectivity index (χ0v) is 18.8. The van der Waals surface area contributed by atoms with Crippen LogP contribution in [0.25, 0.3) is 11.0 Å². The lowest BCUT2D eigenvalue weighted by atomic mass is 10.2. The quantitative estimate of drug-likeness (QED) is 0.463. The highest BCUT2D eigenvalue weighted by molar-refractivity contribution is 8.00. The van der Waals surface area contributed by atoms with Gasteiger partial charge < -0.3 is 5.32 Å². The molecule has 164 valence electrons. The standard InChI is InChI=1S/C21H24FN5O3S/c1-11(2)10-27-17-16(20(29)26(5)21(27)30)19(24-13(4)23-17)31-12(3)18(28)25-15-8-6-14(22)7-9-15/h6-9,11-12H,10H2,1-5H3,(H,25,28). The maximum atomic E-state index is 13.1. The van der Waals surface area contributed by atoms with Crippen LogP contribution in [0.2, 0.25) is 0 Å². The first-order valence-electron chi connectivity index (χ1n) is 9.79. The molecule has 0 aliphatic carbocycles. The van der Waals surface area contributed by atoms with E-state index in [9.17, 15) is 18.8 Å². The number of carbonyl (C=O) groups excluding carboxylic acids is 1. The van der Waals surface area contributed by atoms with Gasteiger partial charge >= 0.3 is 5.69 Å². The van der Waals surface area contributed by atoms with E-state index in [1.54, 1.807) is 13.8 Å². The largest absolute Gasteiger partial charge is 0.332 e. The maximum Gasteiger partial charge on any atom is 0.332 e. The Morgan fingerprint density at radius 2 is 1.81 bits per heavy atom. The third-order valence-electron chi connectivity index (χ3n) is 4.58. The van der Waals surface area contributed by atoms with Gasteiger partial charge in [-0.3, -0.25) is 18.7 Å². The highest BCUT2D eigenvalue weighted by atomic mass is 32.2. The van der Waals surface area contributed by atoms with E-state index in [2.05, 4.69) is 15.3 Å². The molecule has 2 heterocycles. The number of nitrogens with zero attached hydrogens (tertiary/aromatic N) is 4. The van der Waals surface area contributed by atoms with Crippen molar-refractivity contribution in [1.82, 2.24) is 19.1 Å². The van der Waals surface area contributed by atoms with Crippen molar-refractivity contribution in [3.8, 4) is 0 Å². The van der Waals surface area contributed by atoms with E-state index in [0.29, 0.717) is 23.1 Å². The Kier molecular flexibility index (Phi) is 6.59. The smallest absolute Gasteiger partial charge is 0.325 e. The molecule has 0 bridgehead atoms. The predicted molar refractivity (Wildman–Crippen MR) is 119 cm³/mol. The number of amides is 1. The summed E-state index contributed by atoms with van der Waals surface area (Å²) in [5, 5.41) is 2.65. The zero-order valence-electron chi connectivity index (χ0n) is 18.0. The number of anilines is 1. The van der Waals surface area contributed by atoms with Crippen LogP contribution in [-0.2, 0) is 18.4 Å². The Labute approximate surface area is 182 Å². The molecule has 8 nitrogen and oxygen atoms in total. The van der Waals surface area contributed by atoms with Crippen molar-refractivity contribution in [2.24, 2.45) is 13.0 Å². The second-order valence-corrected chi connectivity index (χ2v) is 9.01. The van der Waals surface area contributed by atoms with Crippen LogP contribution in [0.15, 0.2) is 38.9 Å². The van der Waals surface area contributed by atoms with Crippen LogP contribution < -0.4 is 16.6 Å². The van der Waals surface area contributed by atoms with Crippen molar-refractivity contribution >= 4 is 34.4 Å². The third kappa shape index (κ3) is 4.84. The van der Waals surface area contributed by atoms with Gasteiger partial charge in [-0.05, 0) is 44.0 Å². The van der Waals surface area contributed by atoms with Gasteiger partial charge in [0, 0.05) is 19.3 Å². The molecular formula is C21H24FN5O3S. The average Bonchev–Trinajstić information content (AvgIpc) is 2.70. The summed E-state index contributed by atoms with van der Waals surface area (Å²) < 4.78 is 15.6. The van der Waals surface area contributed by atoms with Crippen LogP contribution in [0.3, 0.4) is 0 Å². The van der Waals surface area contributed by atoms with E-state index in [4.69, 9.17) is 0 Å². The molecular weight excluding hydrogens is 421 g/mol. The zero-order chi connectivity index (χ0) is 22.9. The van der Waals surface area contributed by atoms with Crippen LogP contribution in [0, 0.1) is 18.7 Å². The lowest BCUT2D eigenvalue weighted by Gasteiger charge is -2.16. The number of fused-ring (bicyclic) bond motifs is 1. The normalized spacial score (nSPS) is 12.4. The number of benzene rings is 1. The monoisotopic (exact) mass is 445 g/mol. The van der Waals surface area contributed by atoms with Gasteiger partial charge in [-0.2, -0.15) is 0 Å². The summed E-state index contributed by atoms with van der Waals surface area (Å²) in [5.74, 6) is -0.170. The van der Waals surface area contributed by atoms with Gasteiger partial charge in [0.25, 0.3) is 5.56 Å². The summed E-state index contributed by atoms with van der Waals surface area (Å²) in [6.07, 6.45) is 0. The van der Waals surface area contributed by atoms with Gasteiger partial charge in [-0.15, -0.1) is 0 Å². The van der Waals surface area contributed by atoms with Crippen molar-refractivity contribution in [1.29, 1.82) is 0 Å². The minimum atomic E-state index is -0.613. The van der Waals surface area contributed by atoms with Crippen LogP contribution in [0.5, 0.6) is 0 Å². The molecule has 0 saturated carbocycles. The molecule has 0 saturated heterocycles. The number of aromatic nitrogens is 4. The van der Waals surface area contributed by atoms with E-state index in [-0.39, 0.29) is 22.9 Å². The summed E-state index contributed by atoms with van der Waals surface area (Å²) in [5.41, 5.74) is -0.219. The lowest BCUT2D eigenvalue weighted by molar-refractivity contribution is -0.115. The molecule has 3 aromatic rings. The summed E-state index contributed by atoms with van der Waals surface area (Å²) in [6.45, 7) is 7.68. The van der Waals surface area contributed by atoms with Crippen molar-refractivity contribution in [3.63, 3.8) is 0 Å². The average molecular weight is 446 g/mol. The topological polar surface area (TPSA) is 98.9 Å². The van der Waals surface area contributed by atoms with Crippen molar-refractivity contribution in [3.05, 3.63) is 56.7 Å². The minimum absolute atomic E-state index is 0.158. The summed E-state index contributed by atoms with van der Waals surface area (Å²) >= 11 is 1.11. The highest BCUT2D eigenvalue weighted by Crippen LogP contribution is 2.27. The van der Waals surface area contributed by atoms with Crippen molar-refractivity contribution in [2.45, 2.75) is 44.5 Å². The van der Waals surface area contributed by atoms with Crippen LogP contribution in [0.1, 0.15) is 26.6 Å². The second kappa shape index (κ2) is 9.01. The van der Waals surface area contributed by atoms with Gasteiger partial charge in [-0.1, -0.05) is 25.6 Å². The molecule has 2 aromatic heterocycles. The van der Waals surface area contributed by atoms with E-state index in [1.165, 1.54) is 35.9 Å². The van der Waals surface area contributed by atoms with Gasteiger partial charge in [-0.25, -0.2) is 19.2 Å². The first-order chi connectivity index (χ1) is 14.6. The molecule has 0 aliphatic rings. The molecule has 1 aromatic carbocycles. The molecule has 1 amide bonds. The summed E-state index contributed by atoms with van der Waals surface area (Å²) in [4.78, 5) is 47.0. The SMILES string of the molecule is Cc1nc(SC(C)C(=O)Nc2ccc(F)cc2)c2c(=O)n(C)c(=O)n(CC(C)C)c2n1. The fourth-order valence-electron chi connectivity index (χ4n) is 3.05. The first-order valence-corrected chi connectivity index (χ1v) is 10.7. The molecule has 10 heteroatoms. The van der Waals surface area contributed by atoms with Gasteiger partial charge in [0.2, 0.25) is 5.91 Å². The maximum absolute atomic E-state index is 13.1. The fraction of sp³-hybridized carbons (Fsp3) is 0.381. The van der Waals surface area contributed by atoms with Crippen LogP contribution >= 0.6 is 11.8 Å². The molecule has 0 radical (unpaired) electrons. The Morgan fingerprint density at radius 1 is 1.16 bits per heavy atom. The Bertz CT molecular complexity index is 1250. The van der Waals surface area contributed by atoms with Gasteiger partial charge in [0.05, 0.1) is 5.25 Å². The van der Waals surface area contributed by atoms with Gasteiger partial charge in [0.1, 0.15) is 22.1 Å². The van der Waals surface area contributed by atoms with Crippen LogP contribution in [-0.4, -0.2) is 30.3 Å². The molecule has 3 rings (SSSR count). The first kappa shape index (κ1) is 22.7. The van der Waals surface area contributed by atoms with E-state index in [0.717, 1.165) is 16.3 Å². The van der Waals surface area contributed by atoms with E-state index in [1.807, 2.05) is 13.8 Å². The third-order valence-corrected chi connectivity index (χ3v) is 5.66. The number of carbonyl (C=O) groups is 1. The Balaban J connectivity index is 2.02. The molecule has 0 spiro atoms. The highest BCUT2D eigenvalue weighted by Gasteiger charge is 2.22.